The van der Waals surface area contributed by atoms with Gasteiger partial charge in [-0.3, -0.25) is 14.9 Å². The molecular weight excluding hydrogens is 319 g/mol. The highest BCUT2D eigenvalue weighted by atomic mass is 19.1. The number of rotatable bonds is 3. The van der Waals surface area contributed by atoms with Crippen LogP contribution in [0.2, 0.25) is 0 Å². The molecule has 0 unspecified atom stereocenters. The maximum absolute atomic E-state index is 13.3. The van der Waals surface area contributed by atoms with Gasteiger partial charge < -0.3 is 9.73 Å². The smallest absolute Gasteiger partial charge is 0.344 e. The van der Waals surface area contributed by atoms with Gasteiger partial charge in [0.25, 0.3) is 11.6 Å². The molecule has 1 amide bonds. The standard InChI is InChI=1S/C16H9FN2O5/c17-10-1-6-13-9(7-10)8-14(24-16(13)21)15(20)18-11-2-4-12(5-3-11)19(22)23/h1-8H,(H,18,20). The summed E-state index contributed by atoms with van der Waals surface area (Å²) in [6.45, 7) is 0. The van der Waals surface area contributed by atoms with Crippen molar-refractivity contribution in [1.82, 2.24) is 0 Å². The van der Waals surface area contributed by atoms with Crippen molar-refractivity contribution >= 4 is 28.1 Å². The Bertz CT molecular complexity index is 1010. The van der Waals surface area contributed by atoms with Crippen LogP contribution in [0.15, 0.2) is 57.7 Å². The Hall–Kier alpha value is -3.55. The third-order valence-electron chi connectivity index (χ3n) is 3.28. The summed E-state index contributed by atoms with van der Waals surface area (Å²) in [6.07, 6.45) is 0. The fourth-order valence-electron chi connectivity index (χ4n) is 2.14. The van der Waals surface area contributed by atoms with E-state index in [0.717, 1.165) is 12.1 Å². The lowest BCUT2D eigenvalue weighted by Gasteiger charge is -2.05. The van der Waals surface area contributed by atoms with Crippen LogP contribution in [0.4, 0.5) is 15.8 Å². The van der Waals surface area contributed by atoms with Crippen molar-refractivity contribution in [1.29, 1.82) is 0 Å². The van der Waals surface area contributed by atoms with Crippen molar-refractivity contribution in [3.8, 4) is 0 Å². The molecule has 0 fully saturated rings. The van der Waals surface area contributed by atoms with E-state index in [-0.39, 0.29) is 27.9 Å². The average Bonchev–Trinajstić information content (AvgIpc) is 2.54. The minimum Gasteiger partial charge on any atom is -0.417 e. The number of carbonyl (C=O) groups excluding carboxylic acids is 1. The second kappa shape index (κ2) is 5.92. The Morgan fingerprint density at radius 3 is 2.50 bits per heavy atom. The van der Waals surface area contributed by atoms with Crippen molar-refractivity contribution in [2.75, 3.05) is 5.32 Å². The third-order valence-corrected chi connectivity index (χ3v) is 3.28. The summed E-state index contributed by atoms with van der Waals surface area (Å²) >= 11 is 0. The second-order valence-electron chi connectivity index (χ2n) is 4.89. The highest BCUT2D eigenvalue weighted by Gasteiger charge is 2.13. The Morgan fingerprint density at radius 1 is 1.12 bits per heavy atom. The van der Waals surface area contributed by atoms with Gasteiger partial charge >= 0.3 is 5.63 Å². The molecule has 0 saturated heterocycles. The monoisotopic (exact) mass is 328 g/mol. The maximum Gasteiger partial charge on any atom is 0.344 e. The summed E-state index contributed by atoms with van der Waals surface area (Å²) in [7, 11) is 0. The van der Waals surface area contributed by atoms with Crippen LogP contribution in [0, 0.1) is 15.9 Å². The Morgan fingerprint density at radius 2 is 1.83 bits per heavy atom. The van der Waals surface area contributed by atoms with E-state index in [0.29, 0.717) is 0 Å². The minimum atomic E-state index is -0.763. The number of hydrogen-bond donors (Lipinski definition) is 1. The van der Waals surface area contributed by atoms with Crippen LogP contribution >= 0.6 is 0 Å². The molecule has 2 aromatic carbocycles. The fraction of sp³-hybridized carbons (Fsp3) is 0. The van der Waals surface area contributed by atoms with Gasteiger partial charge in [-0.05, 0) is 41.8 Å². The molecule has 120 valence electrons. The summed E-state index contributed by atoms with van der Waals surface area (Å²) in [4.78, 5) is 34.0. The summed E-state index contributed by atoms with van der Waals surface area (Å²) in [5.41, 5.74) is -0.602. The average molecular weight is 328 g/mol. The number of nitrogens with one attached hydrogen (secondary N) is 1. The van der Waals surface area contributed by atoms with Crippen LogP contribution in [0.25, 0.3) is 10.8 Å². The van der Waals surface area contributed by atoms with Crippen LogP contribution in [-0.4, -0.2) is 10.8 Å². The fourth-order valence-corrected chi connectivity index (χ4v) is 2.14. The number of amides is 1. The van der Waals surface area contributed by atoms with Crippen molar-refractivity contribution in [3.63, 3.8) is 0 Å². The normalized spacial score (nSPS) is 10.5. The van der Waals surface area contributed by atoms with Crippen LogP contribution < -0.4 is 10.9 Å². The minimum absolute atomic E-state index is 0.124. The first kappa shape index (κ1) is 15.3. The zero-order valence-corrected chi connectivity index (χ0v) is 12.0. The van der Waals surface area contributed by atoms with Gasteiger partial charge in [-0.25, -0.2) is 9.18 Å². The number of nitro benzene ring substituents is 1. The first-order valence-electron chi connectivity index (χ1n) is 6.73. The molecule has 0 aliphatic carbocycles. The molecule has 0 bridgehead atoms. The van der Waals surface area contributed by atoms with E-state index >= 15 is 0 Å². The largest absolute Gasteiger partial charge is 0.417 e. The molecule has 0 saturated carbocycles. The summed E-state index contributed by atoms with van der Waals surface area (Å²) in [5.74, 6) is -1.57. The molecule has 0 aliphatic heterocycles. The number of nitrogens with zero attached hydrogens (tertiary/aromatic N) is 1. The van der Waals surface area contributed by atoms with E-state index in [2.05, 4.69) is 5.32 Å². The van der Waals surface area contributed by atoms with Gasteiger partial charge in [0.15, 0.2) is 5.76 Å². The summed E-state index contributed by atoms with van der Waals surface area (Å²) in [6, 6.07) is 9.90. The first-order chi connectivity index (χ1) is 11.4. The molecule has 1 N–H and O–H groups in total. The van der Waals surface area contributed by atoms with E-state index in [9.17, 15) is 24.1 Å². The maximum atomic E-state index is 13.3. The number of benzene rings is 2. The number of hydrogen-bond acceptors (Lipinski definition) is 5. The molecule has 0 atom stereocenters. The first-order valence-corrected chi connectivity index (χ1v) is 6.73. The van der Waals surface area contributed by atoms with Crippen LogP contribution in [0.1, 0.15) is 10.6 Å². The van der Waals surface area contributed by atoms with Gasteiger partial charge in [0.2, 0.25) is 0 Å². The molecule has 3 rings (SSSR count). The van der Waals surface area contributed by atoms with E-state index in [4.69, 9.17) is 4.42 Å². The van der Waals surface area contributed by atoms with Gasteiger partial charge in [0.1, 0.15) is 5.82 Å². The molecule has 1 heterocycles. The van der Waals surface area contributed by atoms with Gasteiger partial charge in [0.05, 0.1) is 10.3 Å². The van der Waals surface area contributed by atoms with Crippen LogP contribution in [0.5, 0.6) is 0 Å². The predicted octanol–water partition coefficient (Wildman–Crippen LogP) is 3.09. The predicted molar refractivity (Wildman–Crippen MR) is 83.5 cm³/mol. The van der Waals surface area contributed by atoms with Gasteiger partial charge in [-0.1, -0.05) is 0 Å². The Kier molecular flexibility index (Phi) is 3.78. The lowest BCUT2D eigenvalue weighted by atomic mass is 10.1. The quantitative estimate of drug-likeness (QED) is 0.588. The van der Waals surface area contributed by atoms with Gasteiger partial charge in [0, 0.05) is 17.8 Å². The molecule has 8 heteroatoms. The van der Waals surface area contributed by atoms with Crippen molar-refractivity contribution in [2.45, 2.75) is 0 Å². The van der Waals surface area contributed by atoms with Crippen molar-refractivity contribution < 1.29 is 18.5 Å². The van der Waals surface area contributed by atoms with E-state index in [1.807, 2.05) is 0 Å². The Balaban J connectivity index is 1.91. The van der Waals surface area contributed by atoms with E-state index in [1.165, 1.54) is 36.4 Å². The molecule has 0 aliphatic rings. The number of fused-ring (bicyclic) bond motifs is 1. The summed E-state index contributed by atoms with van der Waals surface area (Å²) in [5, 5.41) is 13.4. The van der Waals surface area contributed by atoms with E-state index in [1.54, 1.807) is 0 Å². The highest BCUT2D eigenvalue weighted by molar-refractivity contribution is 6.03. The molecule has 3 aromatic rings. The lowest BCUT2D eigenvalue weighted by Crippen LogP contribution is -2.15. The highest BCUT2D eigenvalue weighted by Crippen LogP contribution is 2.18. The van der Waals surface area contributed by atoms with E-state index < -0.39 is 22.3 Å². The summed E-state index contributed by atoms with van der Waals surface area (Å²) < 4.78 is 18.2. The molecule has 0 spiro atoms. The number of anilines is 1. The van der Waals surface area contributed by atoms with Gasteiger partial charge in [-0.15, -0.1) is 0 Å². The third kappa shape index (κ3) is 2.98. The second-order valence-corrected chi connectivity index (χ2v) is 4.89. The van der Waals surface area contributed by atoms with Gasteiger partial charge in [-0.2, -0.15) is 0 Å². The number of nitro groups is 1. The molecule has 24 heavy (non-hydrogen) atoms. The van der Waals surface area contributed by atoms with Crippen LogP contribution in [-0.2, 0) is 0 Å². The molecular formula is C16H9FN2O5. The molecule has 1 aromatic heterocycles. The van der Waals surface area contributed by atoms with Crippen molar-refractivity contribution in [3.05, 3.63) is 80.6 Å². The Labute approximate surface area is 133 Å². The topological polar surface area (TPSA) is 102 Å². The van der Waals surface area contributed by atoms with Crippen LogP contribution in [0.3, 0.4) is 0 Å². The number of non-ortho nitro benzene ring substituents is 1. The number of halogens is 1. The zero-order valence-electron chi connectivity index (χ0n) is 12.0. The molecule has 0 radical (unpaired) electrons. The molecule has 7 nitrogen and oxygen atoms in total. The van der Waals surface area contributed by atoms with Crippen molar-refractivity contribution in [2.24, 2.45) is 0 Å². The lowest BCUT2D eigenvalue weighted by molar-refractivity contribution is -0.384. The SMILES string of the molecule is O=C(Nc1ccc([N+](=O)[O-])cc1)c1cc2cc(F)ccc2c(=O)o1. The number of carbonyl (C=O) groups is 1. The zero-order chi connectivity index (χ0) is 17.3.